The van der Waals surface area contributed by atoms with E-state index in [0.717, 1.165) is 16.9 Å². The lowest BCUT2D eigenvalue weighted by molar-refractivity contribution is -0.128. The Labute approximate surface area is 189 Å². The first-order valence-electron chi connectivity index (χ1n) is 10.5. The van der Waals surface area contributed by atoms with Crippen LogP contribution in [0.3, 0.4) is 0 Å². The van der Waals surface area contributed by atoms with Crippen LogP contribution in [0.5, 0.6) is 0 Å². The van der Waals surface area contributed by atoms with Crippen molar-refractivity contribution in [2.45, 2.75) is 13.0 Å². The van der Waals surface area contributed by atoms with Gasteiger partial charge in [0.1, 0.15) is 17.7 Å². The molecule has 7 nitrogen and oxygen atoms in total. The Bertz CT molecular complexity index is 1130. The lowest BCUT2D eigenvalue weighted by Crippen LogP contribution is -2.49. The molecule has 3 aliphatic heterocycles. The minimum atomic E-state index is -0.461. The molecule has 0 spiro atoms. The molecular formula is C23H22FN5O2S. The van der Waals surface area contributed by atoms with Gasteiger partial charge in [0.2, 0.25) is 5.91 Å². The topological polar surface area (TPSA) is 68.6 Å². The Morgan fingerprint density at radius 1 is 1.09 bits per heavy atom. The molecule has 164 valence electrons. The molecule has 2 aromatic rings. The number of benzene rings is 2. The number of nitrogens with zero attached hydrogens (tertiary/aromatic N) is 5. The number of para-hydroxylation sites is 1. The van der Waals surface area contributed by atoms with Gasteiger partial charge in [0, 0.05) is 37.4 Å². The maximum Gasteiger partial charge on any atom is 0.258 e. The molecule has 1 saturated heterocycles. The average molecular weight is 452 g/mol. The molecule has 3 heterocycles. The quantitative estimate of drug-likeness (QED) is 0.720. The third-order valence-electron chi connectivity index (χ3n) is 5.81. The fraction of sp³-hybridized carbons (Fsp3) is 0.304. The smallest absolute Gasteiger partial charge is 0.258 e. The van der Waals surface area contributed by atoms with E-state index in [1.807, 2.05) is 29.2 Å². The maximum atomic E-state index is 13.2. The highest BCUT2D eigenvalue weighted by molar-refractivity contribution is 8.14. The van der Waals surface area contributed by atoms with Crippen LogP contribution in [0.25, 0.3) is 0 Å². The van der Waals surface area contributed by atoms with E-state index in [4.69, 9.17) is 0 Å². The number of anilines is 1. The summed E-state index contributed by atoms with van der Waals surface area (Å²) in [5.74, 6) is 0.431. The number of carbonyl (C=O) groups is 2. The summed E-state index contributed by atoms with van der Waals surface area (Å²) in [5, 5.41) is 0.495. The van der Waals surface area contributed by atoms with Gasteiger partial charge in [-0.25, -0.2) is 14.3 Å². The summed E-state index contributed by atoms with van der Waals surface area (Å²) in [6.45, 7) is 4.34. The van der Waals surface area contributed by atoms with Crippen LogP contribution in [0.2, 0.25) is 0 Å². The van der Waals surface area contributed by atoms with Crippen molar-refractivity contribution in [3.8, 4) is 0 Å². The van der Waals surface area contributed by atoms with Gasteiger partial charge in [0.05, 0.1) is 11.4 Å². The summed E-state index contributed by atoms with van der Waals surface area (Å²) in [6.07, 6.45) is 0. The number of aliphatic imine (C=N–C) groups is 2. The molecule has 0 saturated carbocycles. The Kier molecular flexibility index (Phi) is 5.42. The van der Waals surface area contributed by atoms with Crippen molar-refractivity contribution in [3.05, 3.63) is 59.9 Å². The molecule has 9 heteroatoms. The van der Waals surface area contributed by atoms with Crippen molar-refractivity contribution < 1.29 is 14.0 Å². The second kappa shape index (κ2) is 8.38. The molecule has 0 N–H and O–H groups in total. The summed E-state index contributed by atoms with van der Waals surface area (Å²) in [4.78, 5) is 40.2. The molecule has 3 aliphatic rings. The van der Waals surface area contributed by atoms with E-state index in [-0.39, 0.29) is 23.4 Å². The van der Waals surface area contributed by atoms with E-state index in [1.165, 1.54) is 28.8 Å². The Morgan fingerprint density at radius 2 is 1.81 bits per heavy atom. The molecular weight excluding hydrogens is 429 g/mol. The lowest BCUT2D eigenvalue weighted by Gasteiger charge is -2.36. The molecule has 0 aliphatic carbocycles. The number of amidine groups is 2. The zero-order chi connectivity index (χ0) is 22.2. The minimum absolute atomic E-state index is 0.00787. The van der Waals surface area contributed by atoms with Crippen molar-refractivity contribution in [3.63, 3.8) is 0 Å². The number of hydrogen-bond donors (Lipinski definition) is 0. The molecule has 1 atom stereocenters. The van der Waals surface area contributed by atoms with E-state index >= 15 is 0 Å². The third kappa shape index (κ3) is 3.77. The van der Waals surface area contributed by atoms with Crippen molar-refractivity contribution in [1.29, 1.82) is 0 Å². The molecule has 1 unspecified atom stereocenters. The van der Waals surface area contributed by atoms with Crippen LogP contribution in [0.15, 0.2) is 58.5 Å². The number of fused-ring (bicyclic) bond motifs is 3. The summed E-state index contributed by atoms with van der Waals surface area (Å²) in [5.41, 5.74) is 2.54. The Morgan fingerprint density at radius 3 is 2.56 bits per heavy atom. The van der Waals surface area contributed by atoms with E-state index in [2.05, 4.69) is 14.9 Å². The lowest BCUT2D eigenvalue weighted by atomic mass is 10.1. The van der Waals surface area contributed by atoms with Crippen LogP contribution in [0, 0.1) is 5.82 Å². The van der Waals surface area contributed by atoms with E-state index in [0.29, 0.717) is 37.2 Å². The summed E-state index contributed by atoms with van der Waals surface area (Å²) >= 11 is 1.27. The van der Waals surface area contributed by atoms with Crippen LogP contribution in [0.4, 0.5) is 15.8 Å². The van der Waals surface area contributed by atoms with Crippen LogP contribution in [-0.2, 0) is 9.59 Å². The SMILES string of the molecule is CC1N=C2c3ccccc3N=C(SCC(=O)N3CCN(c4ccc(F)cc4)CC3)N2C1=O. The van der Waals surface area contributed by atoms with Crippen LogP contribution < -0.4 is 4.90 Å². The van der Waals surface area contributed by atoms with Crippen molar-refractivity contribution in [1.82, 2.24) is 9.80 Å². The van der Waals surface area contributed by atoms with E-state index in [1.54, 1.807) is 19.1 Å². The molecule has 0 aromatic heterocycles. The highest BCUT2D eigenvalue weighted by Crippen LogP contribution is 2.33. The molecule has 2 amide bonds. The number of rotatable bonds is 3. The minimum Gasteiger partial charge on any atom is -0.368 e. The first-order chi connectivity index (χ1) is 15.5. The van der Waals surface area contributed by atoms with E-state index in [9.17, 15) is 14.0 Å². The van der Waals surface area contributed by atoms with Gasteiger partial charge < -0.3 is 9.80 Å². The van der Waals surface area contributed by atoms with Gasteiger partial charge in [0.25, 0.3) is 5.91 Å². The maximum absolute atomic E-state index is 13.2. The monoisotopic (exact) mass is 451 g/mol. The molecule has 32 heavy (non-hydrogen) atoms. The van der Waals surface area contributed by atoms with E-state index < -0.39 is 6.04 Å². The fourth-order valence-corrected chi connectivity index (χ4v) is 4.96. The Balaban J connectivity index is 1.23. The number of thioether (sulfide) groups is 1. The summed E-state index contributed by atoms with van der Waals surface area (Å²) in [7, 11) is 0. The molecule has 0 bridgehead atoms. The summed E-state index contributed by atoms with van der Waals surface area (Å²) < 4.78 is 13.2. The molecule has 2 aromatic carbocycles. The number of amides is 2. The van der Waals surface area contributed by atoms with Gasteiger partial charge in [-0.3, -0.25) is 14.6 Å². The first kappa shape index (κ1) is 20.7. The molecule has 1 fully saturated rings. The fourth-order valence-electron chi connectivity index (χ4n) is 4.06. The van der Waals surface area contributed by atoms with Crippen LogP contribution in [0.1, 0.15) is 12.5 Å². The van der Waals surface area contributed by atoms with Crippen LogP contribution >= 0.6 is 11.8 Å². The van der Waals surface area contributed by atoms with Gasteiger partial charge in [-0.1, -0.05) is 23.9 Å². The standard InChI is InChI=1S/C23H22FN5O2S/c1-15-22(31)29-21(25-15)18-4-2-3-5-19(18)26-23(29)32-14-20(30)28-12-10-27(11-13-28)17-8-6-16(24)7-9-17/h2-9,15H,10-14H2,1H3. The van der Waals surface area contributed by atoms with Gasteiger partial charge in [-0.05, 0) is 43.3 Å². The van der Waals surface area contributed by atoms with Gasteiger partial charge >= 0.3 is 0 Å². The molecule has 5 rings (SSSR count). The number of piperazine rings is 1. The third-order valence-corrected chi connectivity index (χ3v) is 6.73. The Hall–Kier alpha value is -3.20. The summed E-state index contributed by atoms with van der Waals surface area (Å²) in [6, 6.07) is 13.5. The van der Waals surface area contributed by atoms with Crippen molar-refractivity contribution in [2.75, 3.05) is 36.8 Å². The number of halogens is 1. The zero-order valence-corrected chi connectivity index (χ0v) is 18.4. The van der Waals surface area contributed by atoms with Gasteiger partial charge in [-0.2, -0.15) is 0 Å². The second-order valence-corrected chi connectivity index (χ2v) is 8.79. The van der Waals surface area contributed by atoms with Crippen molar-refractivity contribution >= 4 is 46.0 Å². The van der Waals surface area contributed by atoms with Gasteiger partial charge in [0.15, 0.2) is 5.17 Å². The highest BCUT2D eigenvalue weighted by atomic mass is 32.2. The van der Waals surface area contributed by atoms with Gasteiger partial charge in [-0.15, -0.1) is 0 Å². The predicted octanol–water partition coefficient (Wildman–Crippen LogP) is 2.89. The highest BCUT2D eigenvalue weighted by Gasteiger charge is 2.39. The first-order valence-corrected chi connectivity index (χ1v) is 11.5. The average Bonchev–Trinajstić information content (AvgIpc) is 3.12. The largest absolute Gasteiger partial charge is 0.368 e. The zero-order valence-electron chi connectivity index (χ0n) is 17.6. The van der Waals surface area contributed by atoms with Crippen LogP contribution in [-0.4, -0.2) is 70.6 Å². The normalized spacial score (nSPS) is 20.0. The second-order valence-electron chi connectivity index (χ2n) is 7.85. The van der Waals surface area contributed by atoms with Crippen molar-refractivity contribution in [2.24, 2.45) is 9.98 Å². The number of hydrogen-bond acceptors (Lipinski definition) is 6. The predicted molar refractivity (Wildman–Crippen MR) is 124 cm³/mol. The molecule has 0 radical (unpaired) electrons. The number of carbonyl (C=O) groups excluding carboxylic acids is 2.